The summed E-state index contributed by atoms with van der Waals surface area (Å²) in [6.07, 6.45) is 1.73. The molecule has 0 aromatic heterocycles. The van der Waals surface area contributed by atoms with E-state index in [1.165, 1.54) is 14.0 Å². The molecule has 0 unspecified atom stereocenters. The second-order valence-electron chi connectivity index (χ2n) is 1.53. The molecule has 9 heavy (non-hydrogen) atoms. The number of ether oxygens (including phenoxy) is 1. The summed E-state index contributed by atoms with van der Waals surface area (Å²) in [5, 5.41) is 0. The van der Waals surface area contributed by atoms with E-state index in [-0.39, 0.29) is 0 Å². The van der Waals surface area contributed by atoms with Gasteiger partial charge >= 0.3 is 5.97 Å². The van der Waals surface area contributed by atoms with Crippen LogP contribution in [-0.2, 0) is 14.3 Å². The van der Waals surface area contributed by atoms with Crippen molar-refractivity contribution in [1.82, 2.24) is 0 Å². The van der Waals surface area contributed by atoms with Gasteiger partial charge in [-0.2, -0.15) is 0 Å². The Kier molecular flexibility index (Phi) is 3.35. The maximum atomic E-state index is 10.3. The van der Waals surface area contributed by atoms with Crippen LogP contribution in [0.15, 0.2) is 11.6 Å². The zero-order chi connectivity index (χ0) is 7.28. The van der Waals surface area contributed by atoms with E-state index < -0.39 is 5.97 Å². The van der Waals surface area contributed by atoms with E-state index in [2.05, 4.69) is 4.74 Å². The van der Waals surface area contributed by atoms with E-state index in [4.69, 9.17) is 0 Å². The molecule has 0 saturated heterocycles. The number of hydrogen-bond donors (Lipinski definition) is 0. The van der Waals surface area contributed by atoms with Gasteiger partial charge in [0.25, 0.3) is 0 Å². The standard InChI is InChI=1S/C6H8O3/c1-5(4-7)3-6(8)9-2/h3-4H,1-2H3. The van der Waals surface area contributed by atoms with E-state index >= 15 is 0 Å². The van der Waals surface area contributed by atoms with Crippen molar-refractivity contribution >= 4 is 12.3 Å². The van der Waals surface area contributed by atoms with E-state index in [1.807, 2.05) is 0 Å². The number of methoxy groups -OCH3 is 1. The van der Waals surface area contributed by atoms with Gasteiger partial charge in [0.2, 0.25) is 0 Å². The molecule has 0 aromatic carbocycles. The predicted octanol–water partition coefficient (Wildman–Crippen LogP) is 0.305. The lowest BCUT2D eigenvalue weighted by Crippen LogP contribution is -1.95. The minimum absolute atomic E-state index is 0.363. The molecule has 3 nitrogen and oxygen atoms in total. The first-order chi connectivity index (χ1) is 4.20. The third-order valence-corrected chi connectivity index (χ3v) is 0.733. The van der Waals surface area contributed by atoms with Crippen molar-refractivity contribution < 1.29 is 14.3 Å². The van der Waals surface area contributed by atoms with Gasteiger partial charge in [-0.05, 0) is 12.5 Å². The zero-order valence-electron chi connectivity index (χ0n) is 5.38. The molecule has 0 N–H and O–H groups in total. The molecule has 0 radical (unpaired) electrons. The summed E-state index contributed by atoms with van der Waals surface area (Å²) in [7, 11) is 1.26. The van der Waals surface area contributed by atoms with Gasteiger partial charge in [-0.3, -0.25) is 4.79 Å². The molecule has 0 atom stereocenters. The average molecular weight is 128 g/mol. The lowest BCUT2D eigenvalue weighted by Gasteiger charge is -1.88. The van der Waals surface area contributed by atoms with Crippen LogP contribution in [-0.4, -0.2) is 19.4 Å². The van der Waals surface area contributed by atoms with E-state index in [0.29, 0.717) is 11.9 Å². The number of esters is 1. The van der Waals surface area contributed by atoms with E-state index in [9.17, 15) is 9.59 Å². The third-order valence-electron chi connectivity index (χ3n) is 0.733. The van der Waals surface area contributed by atoms with Crippen LogP contribution in [0.2, 0.25) is 0 Å². The number of aldehydes is 1. The lowest BCUT2D eigenvalue weighted by atomic mass is 10.3. The van der Waals surface area contributed by atoms with Gasteiger partial charge in [0, 0.05) is 6.08 Å². The fourth-order valence-corrected chi connectivity index (χ4v) is 0.279. The fraction of sp³-hybridized carbons (Fsp3) is 0.333. The van der Waals surface area contributed by atoms with Crippen LogP contribution < -0.4 is 0 Å². The van der Waals surface area contributed by atoms with E-state index in [1.54, 1.807) is 0 Å². The molecule has 0 aromatic rings. The molecular formula is C6H8O3. The maximum Gasteiger partial charge on any atom is 0.330 e. The second kappa shape index (κ2) is 3.83. The minimum atomic E-state index is -0.500. The van der Waals surface area contributed by atoms with Crippen LogP contribution in [0, 0.1) is 0 Å². The van der Waals surface area contributed by atoms with Crippen LogP contribution in [0.3, 0.4) is 0 Å². The number of allylic oxidation sites excluding steroid dienone is 1. The van der Waals surface area contributed by atoms with Gasteiger partial charge in [-0.15, -0.1) is 0 Å². The Morgan fingerprint density at radius 2 is 2.11 bits per heavy atom. The second-order valence-corrected chi connectivity index (χ2v) is 1.53. The molecule has 0 heterocycles. The minimum Gasteiger partial charge on any atom is -0.466 e. The monoisotopic (exact) mass is 128 g/mol. The molecule has 3 heteroatoms. The SMILES string of the molecule is COC(=O)C=C(C)C=O. The largest absolute Gasteiger partial charge is 0.466 e. The molecule has 0 aliphatic carbocycles. The van der Waals surface area contributed by atoms with Crippen LogP contribution in [0.5, 0.6) is 0 Å². The summed E-state index contributed by atoms with van der Waals surface area (Å²) in [5.41, 5.74) is 0.363. The number of carbonyl (C=O) groups excluding carboxylic acids is 2. The lowest BCUT2D eigenvalue weighted by molar-refractivity contribution is -0.135. The smallest absolute Gasteiger partial charge is 0.330 e. The van der Waals surface area contributed by atoms with Crippen molar-refractivity contribution in [2.45, 2.75) is 6.92 Å². The van der Waals surface area contributed by atoms with Gasteiger partial charge in [-0.1, -0.05) is 0 Å². The Balaban J connectivity index is 3.94. The van der Waals surface area contributed by atoms with Gasteiger partial charge in [0.15, 0.2) is 0 Å². The Morgan fingerprint density at radius 1 is 1.56 bits per heavy atom. The molecule has 0 fully saturated rings. The molecule has 0 spiro atoms. The van der Waals surface area contributed by atoms with E-state index in [0.717, 1.165) is 6.08 Å². The highest BCUT2D eigenvalue weighted by Crippen LogP contribution is 1.86. The summed E-state index contributed by atoms with van der Waals surface area (Å²) < 4.78 is 4.25. The fourth-order valence-electron chi connectivity index (χ4n) is 0.279. The van der Waals surface area contributed by atoms with Crippen molar-refractivity contribution in [2.24, 2.45) is 0 Å². The maximum absolute atomic E-state index is 10.3. The van der Waals surface area contributed by atoms with Crippen LogP contribution >= 0.6 is 0 Å². The first-order valence-electron chi connectivity index (χ1n) is 2.42. The van der Waals surface area contributed by atoms with Crippen molar-refractivity contribution in [3.05, 3.63) is 11.6 Å². The van der Waals surface area contributed by atoms with Crippen molar-refractivity contribution in [1.29, 1.82) is 0 Å². The average Bonchev–Trinajstić information content (AvgIpc) is 1.87. The van der Waals surface area contributed by atoms with Crippen LogP contribution in [0.4, 0.5) is 0 Å². The summed E-state index contributed by atoms with van der Waals surface area (Å²) in [6.45, 7) is 1.53. The van der Waals surface area contributed by atoms with Gasteiger partial charge in [0.05, 0.1) is 7.11 Å². The molecule has 0 bridgehead atoms. The molecular weight excluding hydrogens is 120 g/mol. The van der Waals surface area contributed by atoms with Gasteiger partial charge < -0.3 is 4.74 Å². The van der Waals surface area contributed by atoms with Gasteiger partial charge in [0.1, 0.15) is 6.29 Å². The highest BCUT2D eigenvalue weighted by Gasteiger charge is 1.92. The zero-order valence-corrected chi connectivity index (χ0v) is 5.38. The Bertz CT molecular complexity index is 146. The predicted molar refractivity (Wildman–Crippen MR) is 31.8 cm³/mol. The van der Waals surface area contributed by atoms with Crippen molar-refractivity contribution in [3.63, 3.8) is 0 Å². The summed E-state index contributed by atoms with van der Waals surface area (Å²) in [6, 6.07) is 0. The Morgan fingerprint density at radius 3 is 2.44 bits per heavy atom. The molecule has 0 aliphatic heterocycles. The third kappa shape index (κ3) is 3.46. The summed E-state index contributed by atoms with van der Waals surface area (Å²) >= 11 is 0. The normalized spacial score (nSPS) is 10.7. The quantitative estimate of drug-likeness (QED) is 0.305. The van der Waals surface area contributed by atoms with Crippen LogP contribution in [0.25, 0.3) is 0 Å². The topological polar surface area (TPSA) is 43.4 Å². The first-order valence-corrected chi connectivity index (χ1v) is 2.42. The Labute approximate surface area is 53.3 Å². The van der Waals surface area contributed by atoms with Crippen LogP contribution in [0.1, 0.15) is 6.92 Å². The van der Waals surface area contributed by atoms with Crippen molar-refractivity contribution in [3.8, 4) is 0 Å². The first kappa shape index (κ1) is 7.88. The highest BCUT2D eigenvalue weighted by molar-refractivity contribution is 5.89. The highest BCUT2D eigenvalue weighted by atomic mass is 16.5. The number of rotatable bonds is 2. The molecule has 0 aliphatic rings. The molecule has 0 amide bonds. The number of hydrogen-bond acceptors (Lipinski definition) is 3. The number of carbonyl (C=O) groups is 2. The molecule has 50 valence electrons. The van der Waals surface area contributed by atoms with Crippen molar-refractivity contribution in [2.75, 3.05) is 7.11 Å². The summed E-state index contributed by atoms with van der Waals surface area (Å²) in [4.78, 5) is 20.2. The Hall–Kier alpha value is -1.12. The molecule has 0 rings (SSSR count). The molecule has 0 saturated carbocycles. The van der Waals surface area contributed by atoms with Gasteiger partial charge in [-0.25, -0.2) is 4.79 Å². The summed E-state index contributed by atoms with van der Waals surface area (Å²) in [5.74, 6) is -0.500.